The van der Waals surface area contributed by atoms with Crippen LogP contribution in [0.4, 0.5) is 13.2 Å². The third-order valence-corrected chi connectivity index (χ3v) is 7.37. The largest absolute Gasteiger partial charge is 0.426 e. The van der Waals surface area contributed by atoms with E-state index < -0.39 is 23.1 Å². The maximum Gasteiger partial charge on any atom is 0.347 e. The molecule has 208 valence electrons. The van der Waals surface area contributed by atoms with E-state index >= 15 is 4.39 Å². The summed E-state index contributed by atoms with van der Waals surface area (Å²) in [4.78, 5) is 25.4. The van der Waals surface area contributed by atoms with Gasteiger partial charge in [0.1, 0.15) is 22.7 Å². The van der Waals surface area contributed by atoms with E-state index in [1.165, 1.54) is 30.3 Å². The molecule has 3 aromatic carbocycles. The van der Waals surface area contributed by atoms with Crippen molar-refractivity contribution < 1.29 is 31.9 Å². The van der Waals surface area contributed by atoms with Crippen LogP contribution < -0.4 is 10.4 Å². The van der Waals surface area contributed by atoms with E-state index in [0.717, 1.165) is 19.3 Å². The average Bonchev–Trinajstić information content (AvgIpc) is 2.95. The summed E-state index contributed by atoms with van der Waals surface area (Å²) in [5.74, 6) is -3.52. The number of benzene rings is 3. The Labute approximate surface area is 229 Å². The van der Waals surface area contributed by atoms with Gasteiger partial charge >= 0.3 is 11.6 Å². The first-order valence-electron chi connectivity index (χ1n) is 13.5. The van der Waals surface area contributed by atoms with E-state index in [0.29, 0.717) is 30.8 Å². The summed E-state index contributed by atoms with van der Waals surface area (Å²) in [6, 6.07) is 13.4. The van der Waals surface area contributed by atoms with E-state index in [2.05, 4.69) is 6.92 Å². The molecule has 1 aliphatic heterocycles. The fraction of sp³-hybridized carbons (Fsp3) is 0.312. The van der Waals surface area contributed by atoms with E-state index in [-0.39, 0.29) is 51.2 Å². The molecule has 5 rings (SSSR count). The maximum absolute atomic E-state index is 15.5. The lowest BCUT2D eigenvalue weighted by Crippen LogP contribution is -2.33. The Bertz CT molecular complexity index is 1600. The molecule has 8 heteroatoms. The van der Waals surface area contributed by atoms with Crippen LogP contribution in [0.2, 0.25) is 0 Å². The van der Waals surface area contributed by atoms with Crippen LogP contribution in [-0.2, 0) is 16.0 Å². The molecule has 0 saturated carbocycles. The molecule has 1 aliphatic rings. The second kappa shape index (κ2) is 11.7. The second-order valence-electron chi connectivity index (χ2n) is 10.0. The van der Waals surface area contributed by atoms with Crippen LogP contribution in [0, 0.1) is 23.4 Å². The smallest absolute Gasteiger partial charge is 0.347 e. The minimum absolute atomic E-state index is 0.137. The van der Waals surface area contributed by atoms with Gasteiger partial charge in [-0.15, -0.1) is 0 Å². The minimum atomic E-state index is -1.13. The third kappa shape index (κ3) is 5.41. The molecule has 5 nitrogen and oxygen atoms in total. The fourth-order valence-corrected chi connectivity index (χ4v) is 5.09. The zero-order valence-electron chi connectivity index (χ0n) is 22.3. The van der Waals surface area contributed by atoms with Gasteiger partial charge in [0.05, 0.1) is 24.2 Å². The number of esters is 1. The van der Waals surface area contributed by atoms with E-state index in [1.807, 2.05) is 0 Å². The monoisotopic (exact) mass is 550 g/mol. The van der Waals surface area contributed by atoms with Crippen molar-refractivity contribution in [1.82, 2.24) is 0 Å². The number of hydrogen-bond acceptors (Lipinski definition) is 5. The van der Waals surface area contributed by atoms with E-state index in [1.54, 1.807) is 31.2 Å². The van der Waals surface area contributed by atoms with Gasteiger partial charge in [0.15, 0.2) is 11.6 Å². The van der Waals surface area contributed by atoms with Gasteiger partial charge in [-0.3, -0.25) is 4.79 Å². The molecular formula is C32H29F3O5. The van der Waals surface area contributed by atoms with Crippen molar-refractivity contribution in [1.29, 1.82) is 0 Å². The minimum Gasteiger partial charge on any atom is -0.426 e. The first-order valence-corrected chi connectivity index (χ1v) is 13.5. The first kappa shape index (κ1) is 27.6. The molecule has 1 saturated heterocycles. The summed E-state index contributed by atoms with van der Waals surface area (Å²) >= 11 is 0. The van der Waals surface area contributed by atoms with Crippen molar-refractivity contribution in [2.45, 2.75) is 52.1 Å². The molecule has 40 heavy (non-hydrogen) atoms. The van der Waals surface area contributed by atoms with Gasteiger partial charge in [-0.05, 0) is 66.5 Å². The van der Waals surface area contributed by atoms with Crippen molar-refractivity contribution in [3.05, 3.63) is 88.0 Å². The molecule has 4 aromatic rings. The summed E-state index contributed by atoms with van der Waals surface area (Å²) in [5, 5.41) is -0.116. The van der Waals surface area contributed by atoms with Crippen molar-refractivity contribution in [3.8, 4) is 28.2 Å². The van der Waals surface area contributed by atoms with Gasteiger partial charge in [-0.1, -0.05) is 50.6 Å². The van der Waals surface area contributed by atoms with Gasteiger partial charge < -0.3 is 13.9 Å². The van der Waals surface area contributed by atoms with E-state index in [4.69, 9.17) is 13.9 Å². The SMILES string of the molecule is CCCC1CCC(C(=O)Oc2ccc(-c3ccc4cc(-c5ccc(CC)c(F)c5F)oc(=O)c4c3F)cc2)CO1. The Morgan fingerprint density at radius 3 is 2.35 bits per heavy atom. The highest BCUT2D eigenvalue weighted by atomic mass is 19.2. The second-order valence-corrected chi connectivity index (χ2v) is 10.0. The van der Waals surface area contributed by atoms with Gasteiger partial charge in [0.2, 0.25) is 0 Å². The number of rotatable bonds is 7. The van der Waals surface area contributed by atoms with Crippen molar-refractivity contribution in [3.63, 3.8) is 0 Å². The Morgan fingerprint density at radius 2 is 1.68 bits per heavy atom. The molecule has 0 spiro atoms. The van der Waals surface area contributed by atoms with Gasteiger partial charge in [0.25, 0.3) is 0 Å². The predicted octanol–water partition coefficient (Wildman–Crippen LogP) is 7.61. The summed E-state index contributed by atoms with van der Waals surface area (Å²) in [7, 11) is 0. The quantitative estimate of drug-likeness (QED) is 0.175. The predicted molar refractivity (Wildman–Crippen MR) is 146 cm³/mol. The van der Waals surface area contributed by atoms with Crippen molar-refractivity contribution >= 4 is 16.7 Å². The molecule has 2 heterocycles. The molecule has 0 aliphatic carbocycles. The fourth-order valence-electron chi connectivity index (χ4n) is 5.09. The number of hydrogen-bond donors (Lipinski definition) is 0. The molecule has 0 amide bonds. The highest BCUT2D eigenvalue weighted by molar-refractivity contribution is 5.89. The molecule has 0 radical (unpaired) electrons. The van der Waals surface area contributed by atoms with Crippen LogP contribution >= 0.6 is 0 Å². The van der Waals surface area contributed by atoms with Gasteiger partial charge in [-0.25, -0.2) is 18.0 Å². The Kier molecular flexibility index (Phi) is 8.07. The lowest BCUT2D eigenvalue weighted by atomic mass is 9.96. The number of aryl methyl sites for hydroxylation is 1. The molecule has 1 aromatic heterocycles. The molecule has 1 fully saturated rings. The van der Waals surface area contributed by atoms with Crippen molar-refractivity contribution in [2.24, 2.45) is 5.92 Å². The lowest BCUT2D eigenvalue weighted by Gasteiger charge is -2.27. The number of halogens is 3. The number of carbonyl (C=O) groups is 1. The molecule has 2 unspecified atom stereocenters. The standard InChI is InChI=1S/C32H29F3O5/c1-3-5-22-11-8-21(17-38-22)31(36)39-23-12-6-19(7-13-23)24-14-10-20-16-26(40-32(37)27(20)29(24)34)25-15-9-18(4-2)28(33)30(25)35/h6-7,9-10,12-16,21-22H,3-5,8,11,17H2,1-2H3. The van der Waals surface area contributed by atoms with Crippen LogP contribution in [0.3, 0.4) is 0 Å². The zero-order valence-corrected chi connectivity index (χ0v) is 22.3. The summed E-state index contributed by atoms with van der Waals surface area (Å²) in [6.45, 7) is 4.13. The van der Waals surface area contributed by atoms with Crippen molar-refractivity contribution in [2.75, 3.05) is 6.61 Å². The zero-order chi connectivity index (χ0) is 28.4. The summed E-state index contributed by atoms with van der Waals surface area (Å²) < 4.78 is 61.0. The molecular weight excluding hydrogens is 521 g/mol. The van der Waals surface area contributed by atoms with Crippen LogP contribution in [0.5, 0.6) is 5.75 Å². The lowest BCUT2D eigenvalue weighted by molar-refractivity contribution is -0.145. The van der Waals surface area contributed by atoms with Gasteiger partial charge in [-0.2, -0.15) is 0 Å². The van der Waals surface area contributed by atoms with Crippen LogP contribution in [0.1, 0.15) is 45.1 Å². The number of fused-ring (bicyclic) bond motifs is 1. The maximum atomic E-state index is 15.5. The van der Waals surface area contributed by atoms with Gasteiger partial charge in [0, 0.05) is 5.56 Å². The Hall–Kier alpha value is -3.91. The highest BCUT2D eigenvalue weighted by Crippen LogP contribution is 2.33. The number of carbonyl (C=O) groups excluding carboxylic acids is 1. The van der Waals surface area contributed by atoms with Crippen LogP contribution in [-0.4, -0.2) is 18.7 Å². The van der Waals surface area contributed by atoms with Crippen LogP contribution in [0.15, 0.2) is 63.8 Å². The summed E-state index contributed by atoms with van der Waals surface area (Å²) in [6.07, 6.45) is 4.03. The molecule has 0 N–H and O–H groups in total. The third-order valence-electron chi connectivity index (χ3n) is 7.37. The molecule has 2 atom stereocenters. The molecule has 0 bridgehead atoms. The normalized spacial score (nSPS) is 17.2. The van der Waals surface area contributed by atoms with E-state index in [9.17, 15) is 18.4 Å². The topological polar surface area (TPSA) is 65.7 Å². The Balaban J connectivity index is 1.36. The average molecular weight is 551 g/mol. The Morgan fingerprint density at radius 1 is 0.925 bits per heavy atom. The summed E-state index contributed by atoms with van der Waals surface area (Å²) in [5.41, 5.74) is -0.437. The first-order chi connectivity index (χ1) is 19.3. The highest BCUT2D eigenvalue weighted by Gasteiger charge is 2.28. The number of ether oxygens (including phenoxy) is 2. The van der Waals surface area contributed by atoms with Crippen LogP contribution in [0.25, 0.3) is 33.2 Å².